The molecule has 1 aliphatic heterocycles. The van der Waals surface area contributed by atoms with Gasteiger partial charge in [-0.3, -0.25) is 34.6 Å². The molecule has 38 heavy (non-hydrogen) atoms. The van der Waals surface area contributed by atoms with Gasteiger partial charge in [0.15, 0.2) is 5.54 Å². The van der Waals surface area contributed by atoms with Crippen molar-refractivity contribution in [3.05, 3.63) is 72.3 Å². The van der Waals surface area contributed by atoms with Crippen molar-refractivity contribution in [2.45, 2.75) is 56.0 Å². The molecular weight excluding hydrogens is 499 g/mol. The van der Waals surface area contributed by atoms with E-state index in [2.05, 4.69) is 16.9 Å². The molecule has 1 aromatic heterocycles. The van der Waals surface area contributed by atoms with Crippen molar-refractivity contribution >= 4 is 29.7 Å². The number of benzene rings is 1. The zero-order chi connectivity index (χ0) is 27.5. The van der Waals surface area contributed by atoms with E-state index in [1.165, 1.54) is 17.2 Å². The Kier molecular flexibility index (Phi) is 7.66. The molecule has 2 aliphatic carbocycles. The second-order valence-corrected chi connectivity index (χ2v) is 9.53. The summed E-state index contributed by atoms with van der Waals surface area (Å²) in [6.07, 6.45) is 5.53. The largest absolute Gasteiger partial charge is 0.351 e. The van der Waals surface area contributed by atoms with Crippen LogP contribution in [0.1, 0.15) is 43.2 Å². The Morgan fingerprint density at radius 3 is 2.58 bits per heavy atom. The molecule has 8 nitrogen and oxygen atoms in total. The third kappa shape index (κ3) is 5.18. The van der Waals surface area contributed by atoms with Crippen LogP contribution in [0.25, 0.3) is 0 Å². The van der Waals surface area contributed by atoms with Crippen LogP contribution in [0.3, 0.4) is 0 Å². The molecule has 1 saturated carbocycles. The number of rotatable bonds is 6. The number of nitrogens with zero attached hydrogens (tertiary/aromatic N) is 3. The fourth-order valence-electron chi connectivity index (χ4n) is 5.17. The van der Waals surface area contributed by atoms with Crippen LogP contribution in [0, 0.1) is 11.2 Å². The third-order valence-corrected chi connectivity index (χ3v) is 7.06. The predicted octanol–water partition coefficient (Wildman–Crippen LogP) is 3.71. The SMILES string of the molecule is C=CC(=N)N1CCCC1=O.O=CN(c1cncc(F)c1)[C@]1(C(=O)NC2CC(F)(F)C2)CCc2ccccc21. The lowest BCUT2D eigenvalue weighted by Gasteiger charge is -2.42. The van der Waals surface area contributed by atoms with Gasteiger partial charge in [-0.2, -0.15) is 0 Å². The Balaban J connectivity index is 0.000000283. The quantitative estimate of drug-likeness (QED) is 0.339. The summed E-state index contributed by atoms with van der Waals surface area (Å²) in [5, 5.41) is 9.91. The van der Waals surface area contributed by atoms with Gasteiger partial charge >= 0.3 is 0 Å². The maximum absolute atomic E-state index is 13.7. The number of carbonyl (C=O) groups excluding carboxylic acids is 3. The monoisotopic (exact) mass is 527 g/mol. The molecule has 5 rings (SSSR count). The number of aromatic nitrogens is 1. The van der Waals surface area contributed by atoms with Gasteiger partial charge in [0, 0.05) is 37.9 Å². The van der Waals surface area contributed by atoms with Crippen LogP contribution in [-0.2, 0) is 26.3 Å². The molecule has 2 aromatic rings. The fraction of sp³-hybridized carbons (Fsp3) is 0.370. The van der Waals surface area contributed by atoms with Gasteiger partial charge in [0.2, 0.25) is 12.3 Å². The molecule has 200 valence electrons. The standard InChI is InChI=1S/C20H18F3N3O2.C7H10N2O/c21-14-7-16(11-24-10-14)26(12-27)20(6-5-13-3-1-2-4-17(13)20)18(28)25-15-8-19(22,23)9-15;1-2-6(8)9-5-3-4-7(9)10/h1-4,7,10-12,15H,5-6,8-9H2,(H,25,28);2,8H,1,3-5H2/t20-;/m1./s1. The highest BCUT2D eigenvalue weighted by Crippen LogP contribution is 2.45. The molecule has 0 bridgehead atoms. The van der Waals surface area contributed by atoms with E-state index in [1.54, 1.807) is 12.1 Å². The Bertz CT molecular complexity index is 1260. The second kappa shape index (κ2) is 10.8. The molecule has 3 amide bonds. The van der Waals surface area contributed by atoms with Crippen molar-refractivity contribution < 1.29 is 27.6 Å². The van der Waals surface area contributed by atoms with Crippen molar-refractivity contribution in [3.63, 3.8) is 0 Å². The van der Waals surface area contributed by atoms with E-state index < -0.39 is 42.1 Å². The van der Waals surface area contributed by atoms with Gasteiger partial charge in [0.05, 0.1) is 18.1 Å². The first-order valence-electron chi connectivity index (χ1n) is 12.2. The molecule has 1 aromatic carbocycles. The Morgan fingerprint density at radius 1 is 1.24 bits per heavy atom. The van der Waals surface area contributed by atoms with E-state index in [9.17, 15) is 27.6 Å². The van der Waals surface area contributed by atoms with E-state index in [-0.39, 0.29) is 23.9 Å². The fourth-order valence-corrected chi connectivity index (χ4v) is 5.17. The molecule has 2 N–H and O–H groups in total. The van der Waals surface area contributed by atoms with Crippen LogP contribution in [0.2, 0.25) is 0 Å². The number of fused-ring (bicyclic) bond motifs is 1. The number of aryl methyl sites for hydroxylation is 1. The lowest BCUT2D eigenvalue weighted by molar-refractivity contribution is -0.135. The Hall–Kier alpha value is -4.02. The van der Waals surface area contributed by atoms with Gasteiger partial charge in [-0.1, -0.05) is 30.8 Å². The maximum atomic E-state index is 13.7. The number of amidine groups is 1. The zero-order valence-electron chi connectivity index (χ0n) is 20.6. The first-order chi connectivity index (χ1) is 18.1. The average molecular weight is 528 g/mol. The number of nitrogens with one attached hydrogen (secondary N) is 2. The van der Waals surface area contributed by atoms with Crippen molar-refractivity contribution in [2.75, 3.05) is 11.4 Å². The normalized spacial score (nSPS) is 21.4. The topological polar surface area (TPSA) is 106 Å². The molecule has 1 saturated heterocycles. The van der Waals surface area contributed by atoms with Crippen LogP contribution in [0.5, 0.6) is 0 Å². The number of amides is 3. The first kappa shape index (κ1) is 27.0. The summed E-state index contributed by atoms with van der Waals surface area (Å²) in [5.41, 5.74) is 0.169. The van der Waals surface area contributed by atoms with Gasteiger partial charge in [0.1, 0.15) is 11.7 Å². The molecule has 11 heteroatoms. The molecule has 2 heterocycles. The summed E-state index contributed by atoms with van der Waals surface area (Å²) in [6, 6.07) is 7.63. The van der Waals surface area contributed by atoms with Crippen LogP contribution in [0.4, 0.5) is 18.9 Å². The zero-order valence-corrected chi connectivity index (χ0v) is 20.6. The molecule has 3 aliphatic rings. The number of anilines is 1. The summed E-state index contributed by atoms with van der Waals surface area (Å²) in [5.74, 6) is -3.71. The molecule has 0 spiro atoms. The summed E-state index contributed by atoms with van der Waals surface area (Å²) < 4.78 is 40.2. The second-order valence-electron chi connectivity index (χ2n) is 9.53. The lowest BCUT2D eigenvalue weighted by Crippen LogP contribution is -2.60. The smallest absolute Gasteiger partial charge is 0.252 e. The van der Waals surface area contributed by atoms with Crippen molar-refractivity contribution in [1.82, 2.24) is 15.2 Å². The lowest BCUT2D eigenvalue weighted by atomic mass is 9.84. The average Bonchev–Trinajstić information content (AvgIpc) is 3.48. The number of hydrogen-bond donors (Lipinski definition) is 2. The van der Waals surface area contributed by atoms with Gasteiger partial charge < -0.3 is 5.32 Å². The number of hydrogen-bond acceptors (Lipinski definition) is 5. The van der Waals surface area contributed by atoms with Gasteiger partial charge in [-0.15, -0.1) is 0 Å². The highest BCUT2D eigenvalue weighted by atomic mass is 19.3. The maximum Gasteiger partial charge on any atom is 0.252 e. The van der Waals surface area contributed by atoms with Crippen LogP contribution < -0.4 is 10.2 Å². The number of pyridine rings is 1. The van der Waals surface area contributed by atoms with Gasteiger partial charge in [0.25, 0.3) is 11.8 Å². The Labute approximate surface area is 218 Å². The van der Waals surface area contributed by atoms with Crippen LogP contribution in [0.15, 0.2) is 55.4 Å². The van der Waals surface area contributed by atoms with Crippen molar-refractivity contribution in [1.29, 1.82) is 5.41 Å². The van der Waals surface area contributed by atoms with Gasteiger partial charge in [-0.05, 0) is 36.5 Å². The number of alkyl halides is 2. The van der Waals surface area contributed by atoms with Crippen LogP contribution >= 0.6 is 0 Å². The summed E-state index contributed by atoms with van der Waals surface area (Å²) in [4.78, 5) is 42.7. The summed E-state index contributed by atoms with van der Waals surface area (Å²) in [7, 11) is 0. The first-order valence-corrected chi connectivity index (χ1v) is 12.2. The summed E-state index contributed by atoms with van der Waals surface area (Å²) in [6.45, 7) is 4.11. The molecule has 0 unspecified atom stereocenters. The third-order valence-electron chi connectivity index (χ3n) is 7.06. The minimum absolute atomic E-state index is 0.0462. The molecule has 0 radical (unpaired) electrons. The van der Waals surface area contributed by atoms with E-state index in [4.69, 9.17) is 5.41 Å². The van der Waals surface area contributed by atoms with E-state index in [0.717, 1.165) is 29.1 Å². The van der Waals surface area contributed by atoms with Crippen molar-refractivity contribution in [3.8, 4) is 0 Å². The highest BCUT2D eigenvalue weighted by Gasteiger charge is 2.53. The van der Waals surface area contributed by atoms with E-state index >= 15 is 0 Å². The predicted molar refractivity (Wildman–Crippen MR) is 134 cm³/mol. The van der Waals surface area contributed by atoms with E-state index in [1.807, 2.05) is 12.1 Å². The minimum atomic E-state index is -2.78. The van der Waals surface area contributed by atoms with E-state index in [0.29, 0.717) is 31.4 Å². The molecule has 2 fully saturated rings. The Morgan fingerprint density at radius 2 is 1.97 bits per heavy atom. The minimum Gasteiger partial charge on any atom is -0.351 e. The number of likely N-dealkylation sites (tertiary alicyclic amines) is 1. The molecule has 1 atom stereocenters. The number of carbonyl (C=O) groups is 3. The summed E-state index contributed by atoms with van der Waals surface area (Å²) >= 11 is 0. The van der Waals surface area contributed by atoms with Gasteiger partial charge in [-0.25, -0.2) is 13.2 Å². The highest BCUT2D eigenvalue weighted by molar-refractivity contribution is 6.03. The van der Waals surface area contributed by atoms with Crippen molar-refractivity contribution in [2.24, 2.45) is 0 Å². The van der Waals surface area contributed by atoms with Crippen LogP contribution in [-0.4, -0.2) is 52.5 Å². The molecular formula is C27H28F3N5O3. The number of halogens is 3.